The maximum atomic E-state index is 12.3. The van der Waals surface area contributed by atoms with Crippen LogP contribution in [0.15, 0.2) is 72.8 Å². The Hall–Kier alpha value is -3.47. The van der Waals surface area contributed by atoms with Crippen molar-refractivity contribution in [2.75, 3.05) is 26.1 Å². The van der Waals surface area contributed by atoms with Crippen LogP contribution in [-0.2, 0) is 4.79 Å². The normalized spacial score (nSPS) is 10.2. The number of hydrogen-bond acceptors (Lipinski definition) is 4. The Morgan fingerprint density at radius 1 is 0.857 bits per heavy atom. The maximum absolute atomic E-state index is 12.3. The predicted octanol–water partition coefficient (Wildman–Crippen LogP) is 4.78. The zero-order chi connectivity index (χ0) is 19.8. The molecule has 0 aliphatic rings. The number of carbonyl (C=O) groups is 1. The lowest BCUT2D eigenvalue weighted by molar-refractivity contribution is -0.116. The molecular formula is C23H23NO4. The van der Waals surface area contributed by atoms with Crippen LogP contribution in [0.4, 0.5) is 5.69 Å². The van der Waals surface area contributed by atoms with E-state index < -0.39 is 0 Å². The first-order valence-corrected chi connectivity index (χ1v) is 9.00. The molecule has 5 heteroatoms. The fourth-order valence-corrected chi connectivity index (χ4v) is 2.81. The summed E-state index contributed by atoms with van der Waals surface area (Å²) in [5, 5.41) is 2.84. The van der Waals surface area contributed by atoms with Crippen molar-refractivity contribution in [3.05, 3.63) is 72.8 Å². The second-order valence-corrected chi connectivity index (χ2v) is 6.11. The van der Waals surface area contributed by atoms with Crippen LogP contribution in [-0.4, -0.2) is 26.7 Å². The highest BCUT2D eigenvalue weighted by Crippen LogP contribution is 2.29. The first-order valence-electron chi connectivity index (χ1n) is 9.00. The van der Waals surface area contributed by atoms with Crippen molar-refractivity contribution in [1.29, 1.82) is 0 Å². The fraction of sp³-hybridized carbons (Fsp3) is 0.174. The molecule has 0 aliphatic heterocycles. The van der Waals surface area contributed by atoms with Gasteiger partial charge in [-0.15, -0.1) is 0 Å². The molecule has 0 radical (unpaired) electrons. The van der Waals surface area contributed by atoms with Crippen LogP contribution in [0.3, 0.4) is 0 Å². The second-order valence-electron chi connectivity index (χ2n) is 6.11. The zero-order valence-corrected chi connectivity index (χ0v) is 16.0. The van der Waals surface area contributed by atoms with Gasteiger partial charge in [-0.1, -0.05) is 48.5 Å². The minimum absolute atomic E-state index is 0.146. The van der Waals surface area contributed by atoms with E-state index in [-0.39, 0.29) is 18.9 Å². The van der Waals surface area contributed by atoms with E-state index in [1.165, 1.54) is 0 Å². The SMILES string of the molecule is COc1cc(NC(=O)CCOc2ccccc2-c2ccccc2)cc(OC)c1. The van der Waals surface area contributed by atoms with Crippen molar-refractivity contribution in [2.45, 2.75) is 6.42 Å². The molecular weight excluding hydrogens is 354 g/mol. The van der Waals surface area contributed by atoms with Crippen LogP contribution >= 0.6 is 0 Å². The molecule has 144 valence electrons. The van der Waals surface area contributed by atoms with Gasteiger partial charge in [0.05, 0.1) is 27.2 Å². The van der Waals surface area contributed by atoms with Crippen LogP contribution in [0, 0.1) is 0 Å². The first-order chi connectivity index (χ1) is 13.7. The van der Waals surface area contributed by atoms with Gasteiger partial charge in [0.2, 0.25) is 5.91 Å². The predicted molar refractivity (Wildman–Crippen MR) is 110 cm³/mol. The number of methoxy groups -OCH3 is 2. The van der Waals surface area contributed by atoms with Gasteiger partial charge in [-0.3, -0.25) is 4.79 Å². The van der Waals surface area contributed by atoms with Crippen molar-refractivity contribution < 1.29 is 19.0 Å². The molecule has 0 fully saturated rings. The number of rotatable bonds is 8. The molecule has 1 amide bonds. The summed E-state index contributed by atoms with van der Waals surface area (Å²) in [7, 11) is 3.14. The van der Waals surface area contributed by atoms with Crippen molar-refractivity contribution in [2.24, 2.45) is 0 Å². The molecule has 0 unspecified atom stereocenters. The van der Waals surface area contributed by atoms with E-state index >= 15 is 0 Å². The molecule has 3 aromatic rings. The Labute approximate surface area is 164 Å². The van der Waals surface area contributed by atoms with Crippen LogP contribution in [0.25, 0.3) is 11.1 Å². The average Bonchev–Trinajstić information content (AvgIpc) is 2.74. The number of anilines is 1. The van der Waals surface area contributed by atoms with Crippen LogP contribution in [0.5, 0.6) is 17.2 Å². The summed E-state index contributed by atoms with van der Waals surface area (Å²) in [6, 6.07) is 23.1. The molecule has 0 aliphatic carbocycles. The molecule has 5 nitrogen and oxygen atoms in total. The molecule has 0 saturated carbocycles. The largest absolute Gasteiger partial charge is 0.497 e. The standard InChI is InChI=1S/C23H23NO4/c1-26-19-14-18(15-20(16-19)27-2)24-23(25)12-13-28-22-11-7-6-10-21(22)17-8-4-3-5-9-17/h3-11,14-16H,12-13H2,1-2H3,(H,24,25). The first kappa shape index (κ1) is 19.3. The summed E-state index contributed by atoms with van der Waals surface area (Å²) < 4.78 is 16.3. The van der Waals surface area contributed by atoms with E-state index in [2.05, 4.69) is 5.32 Å². The third-order valence-electron chi connectivity index (χ3n) is 4.19. The molecule has 28 heavy (non-hydrogen) atoms. The molecule has 0 spiro atoms. The number of ether oxygens (including phenoxy) is 3. The molecule has 1 N–H and O–H groups in total. The van der Waals surface area contributed by atoms with Gasteiger partial charge in [0, 0.05) is 29.4 Å². The quantitative estimate of drug-likeness (QED) is 0.614. The number of hydrogen-bond donors (Lipinski definition) is 1. The highest BCUT2D eigenvalue weighted by atomic mass is 16.5. The van der Waals surface area contributed by atoms with Gasteiger partial charge < -0.3 is 19.5 Å². The van der Waals surface area contributed by atoms with Crippen molar-refractivity contribution >= 4 is 11.6 Å². The molecule has 0 bridgehead atoms. The number of para-hydroxylation sites is 1. The van der Waals surface area contributed by atoms with Crippen LogP contribution < -0.4 is 19.5 Å². The molecule has 0 aromatic heterocycles. The van der Waals surface area contributed by atoms with Crippen molar-refractivity contribution in [3.8, 4) is 28.4 Å². The Balaban J connectivity index is 1.60. The molecule has 0 heterocycles. The van der Waals surface area contributed by atoms with Gasteiger partial charge in [-0.05, 0) is 11.6 Å². The highest BCUT2D eigenvalue weighted by Gasteiger charge is 2.09. The summed E-state index contributed by atoms with van der Waals surface area (Å²) in [6.07, 6.45) is 0.225. The van der Waals surface area contributed by atoms with E-state index in [9.17, 15) is 4.79 Å². The Kier molecular flexibility index (Phi) is 6.52. The lowest BCUT2D eigenvalue weighted by Crippen LogP contribution is -2.15. The Morgan fingerprint density at radius 2 is 1.50 bits per heavy atom. The molecule has 0 saturated heterocycles. The monoisotopic (exact) mass is 377 g/mol. The van der Waals surface area contributed by atoms with Crippen molar-refractivity contribution in [1.82, 2.24) is 0 Å². The molecule has 3 aromatic carbocycles. The fourth-order valence-electron chi connectivity index (χ4n) is 2.81. The van der Waals surface area contributed by atoms with Gasteiger partial charge in [-0.25, -0.2) is 0 Å². The third-order valence-corrected chi connectivity index (χ3v) is 4.19. The van der Waals surface area contributed by atoms with E-state index in [4.69, 9.17) is 14.2 Å². The van der Waals surface area contributed by atoms with E-state index in [1.54, 1.807) is 32.4 Å². The minimum atomic E-state index is -0.146. The Bertz CT molecular complexity index is 903. The number of carbonyl (C=O) groups excluding carboxylic acids is 1. The summed E-state index contributed by atoms with van der Waals surface area (Å²) in [5.74, 6) is 1.84. The van der Waals surface area contributed by atoms with Crippen LogP contribution in [0.1, 0.15) is 6.42 Å². The topological polar surface area (TPSA) is 56.8 Å². The third kappa shape index (κ3) is 5.04. The minimum Gasteiger partial charge on any atom is -0.497 e. The van der Waals surface area contributed by atoms with Gasteiger partial charge in [0.15, 0.2) is 0 Å². The molecule has 0 atom stereocenters. The second kappa shape index (κ2) is 9.46. The summed E-state index contributed by atoms with van der Waals surface area (Å²) in [4.78, 5) is 12.3. The van der Waals surface area contributed by atoms with Crippen molar-refractivity contribution in [3.63, 3.8) is 0 Å². The average molecular weight is 377 g/mol. The van der Waals surface area contributed by atoms with Gasteiger partial charge in [0.1, 0.15) is 17.2 Å². The zero-order valence-electron chi connectivity index (χ0n) is 16.0. The summed E-state index contributed by atoms with van der Waals surface area (Å²) >= 11 is 0. The van der Waals surface area contributed by atoms with E-state index in [0.717, 1.165) is 16.9 Å². The van der Waals surface area contributed by atoms with E-state index in [0.29, 0.717) is 17.2 Å². The van der Waals surface area contributed by atoms with Gasteiger partial charge in [-0.2, -0.15) is 0 Å². The summed E-state index contributed by atoms with van der Waals surface area (Å²) in [6.45, 7) is 0.275. The van der Waals surface area contributed by atoms with Crippen LogP contribution in [0.2, 0.25) is 0 Å². The Morgan fingerprint density at radius 3 is 2.18 bits per heavy atom. The lowest BCUT2D eigenvalue weighted by atomic mass is 10.1. The number of amides is 1. The number of benzene rings is 3. The summed E-state index contributed by atoms with van der Waals surface area (Å²) in [5.41, 5.74) is 2.69. The van der Waals surface area contributed by atoms with E-state index in [1.807, 2.05) is 54.6 Å². The molecule has 3 rings (SSSR count). The van der Waals surface area contributed by atoms with Gasteiger partial charge >= 0.3 is 0 Å². The van der Waals surface area contributed by atoms with Gasteiger partial charge in [0.25, 0.3) is 0 Å². The smallest absolute Gasteiger partial charge is 0.227 e. The number of nitrogens with one attached hydrogen (secondary N) is 1. The lowest BCUT2D eigenvalue weighted by Gasteiger charge is -2.12. The maximum Gasteiger partial charge on any atom is 0.227 e. The highest BCUT2D eigenvalue weighted by molar-refractivity contribution is 5.91.